The molecule has 1 aliphatic heterocycles. The van der Waals surface area contributed by atoms with Gasteiger partial charge in [0.1, 0.15) is 25.0 Å². The molecule has 0 spiro atoms. The molecule has 0 unspecified atom stereocenters. The molecule has 1 aromatic heterocycles. The first kappa shape index (κ1) is 11.3. The molecule has 19 heavy (non-hydrogen) atoms. The van der Waals surface area contributed by atoms with Crippen LogP contribution in [0.3, 0.4) is 0 Å². The minimum absolute atomic E-state index is 0.0774. The molecule has 1 aromatic carbocycles. The third kappa shape index (κ3) is 2.13. The lowest BCUT2D eigenvalue weighted by molar-refractivity contribution is 0.171. The van der Waals surface area contributed by atoms with Crippen LogP contribution in [0.2, 0.25) is 0 Å². The van der Waals surface area contributed by atoms with Gasteiger partial charge < -0.3 is 14.5 Å². The van der Waals surface area contributed by atoms with Crippen molar-refractivity contribution in [2.24, 2.45) is 0 Å². The Morgan fingerprint density at radius 1 is 1.21 bits per heavy atom. The minimum Gasteiger partial charge on any atom is -0.486 e. The molecule has 2 aromatic rings. The fraction of sp³-hybridized carbons (Fsp3) is 0.154. The average Bonchev–Trinajstić information content (AvgIpc) is 2.46. The highest BCUT2D eigenvalue weighted by Gasteiger charge is 2.13. The van der Waals surface area contributed by atoms with Gasteiger partial charge in [-0.15, -0.1) is 0 Å². The summed E-state index contributed by atoms with van der Waals surface area (Å²) in [5, 5.41) is 8.82. The monoisotopic (exact) mass is 255 g/mol. The van der Waals surface area contributed by atoms with Crippen LogP contribution in [0.15, 0.2) is 29.1 Å². The summed E-state index contributed by atoms with van der Waals surface area (Å²) < 4.78 is 10.9. The summed E-state index contributed by atoms with van der Waals surface area (Å²) in [5.74, 6) is 1.30. The van der Waals surface area contributed by atoms with Crippen LogP contribution in [-0.2, 0) is 0 Å². The third-order valence-electron chi connectivity index (χ3n) is 2.71. The number of fused-ring (bicyclic) bond motifs is 1. The summed E-state index contributed by atoms with van der Waals surface area (Å²) in [7, 11) is 0. The highest BCUT2D eigenvalue weighted by Crippen LogP contribution is 2.33. The number of hydrogen-bond donors (Lipinski definition) is 1. The van der Waals surface area contributed by atoms with E-state index in [2.05, 4.69) is 9.97 Å². The molecule has 0 amide bonds. The number of nitriles is 1. The number of nitrogens with one attached hydrogen (secondary N) is 1. The molecular formula is C13H9N3O3. The second-order valence-electron chi connectivity index (χ2n) is 3.96. The van der Waals surface area contributed by atoms with Crippen molar-refractivity contribution in [3.8, 4) is 28.8 Å². The maximum Gasteiger partial charge on any atom is 0.346 e. The summed E-state index contributed by atoms with van der Waals surface area (Å²) >= 11 is 0. The average molecular weight is 255 g/mol. The van der Waals surface area contributed by atoms with Crippen molar-refractivity contribution >= 4 is 0 Å². The zero-order valence-electron chi connectivity index (χ0n) is 9.84. The van der Waals surface area contributed by atoms with Gasteiger partial charge in [0.05, 0.1) is 5.69 Å². The van der Waals surface area contributed by atoms with E-state index in [1.54, 1.807) is 18.2 Å². The Labute approximate surface area is 108 Å². The van der Waals surface area contributed by atoms with Gasteiger partial charge in [-0.2, -0.15) is 10.2 Å². The molecule has 3 rings (SSSR count). The van der Waals surface area contributed by atoms with Gasteiger partial charge in [0.15, 0.2) is 11.5 Å². The van der Waals surface area contributed by atoms with Crippen molar-refractivity contribution in [3.63, 3.8) is 0 Å². The molecule has 0 fully saturated rings. The van der Waals surface area contributed by atoms with E-state index < -0.39 is 5.69 Å². The summed E-state index contributed by atoms with van der Waals surface area (Å²) in [6.45, 7) is 1.02. The zero-order valence-corrected chi connectivity index (χ0v) is 9.84. The van der Waals surface area contributed by atoms with Gasteiger partial charge in [0, 0.05) is 5.56 Å². The zero-order chi connectivity index (χ0) is 13.2. The Hall–Kier alpha value is -2.81. The van der Waals surface area contributed by atoms with E-state index in [-0.39, 0.29) is 5.69 Å². The van der Waals surface area contributed by atoms with Crippen molar-refractivity contribution < 1.29 is 9.47 Å². The lowest BCUT2D eigenvalue weighted by Gasteiger charge is -2.18. The van der Waals surface area contributed by atoms with Crippen molar-refractivity contribution in [1.82, 2.24) is 9.97 Å². The fourth-order valence-electron chi connectivity index (χ4n) is 1.88. The second kappa shape index (κ2) is 4.46. The van der Waals surface area contributed by atoms with Crippen LogP contribution in [0.25, 0.3) is 11.3 Å². The number of hydrogen-bond acceptors (Lipinski definition) is 5. The van der Waals surface area contributed by atoms with Crippen LogP contribution in [0.1, 0.15) is 5.69 Å². The standard InChI is InChI=1S/C13H9N3O3/c14-7-9-6-10(16-13(17)15-9)8-1-2-11-12(5-8)19-4-3-18-11/h1-2,5-6H,3-4H2,(H,15,16,17). The fourth-order valence-corrected chi connectivity index (χ4v) is 1.88. The maximum absolute atomic E-state index is 11.4. The first-order chi connectivity index (χ1) is 9.26. The molecule has 2 heterocycles. The Kier molecular flexibility index (Phi) is 2.65. The van der Waals surface area contributed by atoms with E-state index in [1.807, 2.05) is 6.07 Å². The summed E-state index contributed by atoms with van der Waals surface area (Å²) in [5.41, 5.74) is 0.784. The van der Waals surface area contributed by atoms with Gasteiger partial charge in [-0.1, -0.05) is 0 Å². The molecule has 94 valence electrons. The number of aromatic amines is 1. The van der Waals surface area contributed by atoms with E-state index in [9.17, 15) is 4.79 Å². The highest BCUT2D eigenvalue weighted by atomic mass is 16.6. The highest BCUT2D eigenvalue weighted by molar-refractivity contribution is 5.64. The topological polar surface area (TPSA) is 88.0 Å². The normalized spacial score (nSPS) is 12.8. The molecule has 0 saturated carbocycles. The molecule has 6 nitrogen and oxygen atoms in total. The van der Waals surface area contributed by atoms with Gasteiger partial charge in [0.25, 0.3) is 0 Å². The molecule has 0 atom stereocenters. The molecule has 0 aliphatic carbocycles. The number of ether oxygens (including phenoxy) is 2. The van der Waals surface area contributed by atoms with E-state index in [4.69, 9.17) is 14.7 Å². The lowest BCUT2D eigenvalue weighted by atomic mass is 10.1. The predicted molar refractivity (Wildman–Crippen MR) is 66.0 cm³/mol. The third-order valence-corrected chi connectivity index (χ3v) is 2.71. The van der Waals surface area contributed by atoms with Crippen LogP contribution in [0.4, 0.5) is 0 Å². The largest absolute Gasteiger partial charge is 0.486 e. The molecule has 1 aliphatic rings. The number of rotatable bonds is 1. The number of aromatic nitrogens is 2. The molecule has 1 N–H and O–H groups in total. The Balaban J connectivity index is 2.10. The maximum atomic E-state index is 11.4. The van der Waals surface area contributed by atoms with Crippen LogP contribution >= 0.6 is 0 Å². The number of nitrogens with zero attached hydrogens (tertiary/aromatic N) is 2. The van der Waals surface area contributed by atoms with E-state index in [0.717, 1.165) is 5.56 Å². The van der Waals surface area contributed by atoms with E-state index in [1.165, 1.54) is 6.07 Å². The summed E-state index contributed by atoms with van der Waals surface area (Å²) in [6.07, 6.45) is 0. The SMILES string of the molecule is N#Cc1cc(-c2ccc3c(c2)OCCO3)[nH]c(=O)n1. The quantitative estimate of drug-likeness (QED) is 0.823. The predicted octanol–water partition coefficient (Wildman–Crippen LogP) is 1.08. The van der Waals surface area contributed by atoms with Gasteiger partial charge in [0.2, 0.25) is 0 Å². The van der Waals surface area contributed by atoms with Gasteiger partial charge >= 0.3 is 5.69 Å². The molecule has 6 heteroatoms. The molecule has 0 saturated heterocycles. The molecular weight excluding hydrogens is 246 g/mol. The first-order valence-electron chi connectivity index (χ1n) is 5.68. The Morgan fingerprint density at radius 3 is 2.79 bits per heavy atom. The Bertz CT molecular complexity index is 731. The van der Waals surface area contributed by atoms with Crippen molar-refractivity contribution in [3.05, 3.63) is 40.4 Å². The van der Waals surface area contributed by atoms with E-state index >= 15 is 0 Å². The molecule has 0 radical (unpaired) electrons. The van der Waals surface area contributed by atoms with Crippen molar-refractivity contribution in [1.29, 1.82) is 5.26 Å². The smallest absolute Gasteiger partial charge is 0.346 e. The van der Waals surface area contributed by atoms with E-state index in [0.29, 0.717) is 30.4 Å². The van der Waals surface area contributed by atoms with Gasteiger partial charge in [-0.25, -0.2) is 4.79 Å². The van der Waals surface area contributed by atoms with Gasteiger partial charge in [-0.3, -0.25) is 0 Å². The number of benzene rings is 1. The summed E-state index contributed by atoms with van der Waals surface area (Å²) in [6, 6.07) is 8.70. The van der Waals surface area contributed by atoms with Crippen LogP contribution in [0, 0.1) is 11.3 Å². The van der Waals surface area contributed by atoms with Crippen LogP contribution in [0.5, 0.6) is 11.5 Å². The summed E-state index contributed by atoms with van der Waals surface area (Å²) in [4.78, 5) is 17.5. The minimum atomic E-state index is -0.552. The van der Waals surface area contributed by atoms with Crippen molar-refractivity contribution in [2.45, 2.75) is 0 Å². The number of H-pyrrole nitrogens is 1. The second-order valence-corrected chi connectivity index (χ2v) is 3.96. The lowest BCUT2D eigenvalue weighted by Crippen LogP contribution is -2.15. The molecule has 0 bridgehead atoms. The van der Waals surface area contributed by atoms with Crippen LogP contribution < -0.4 is 15.2 Å². The van der Waals surface area contributed by atoms with Crippen molar-refractivity contribution in [2.75, 3.05) is 13.2 Å². The Morgan fingerprint density at radius 2 is 2.00 bits per heavy atom. The van der Waals surface area contributed by atoms with Gasteiger partial charge in [-0.05, 0) is 24.3 Å². The first-order valence-corrected chi connectivity index (χ1v) is 5.68. The van der Waals surface area contributed by atoms with Crippen LogP contribution in [-0.4, -0.2) is 23.2 Å².